The summed E-state index contributed by atoms with van der Waals surface area (Å²) >= 11 is 6.75. The molecule has 7 nitrogen and oxygen atoms in total. The summed E-state index contributed by atoms with van der Waals surface area (Å²) in [5.41, 5.74) is -0.274. The molecule has 3 aliphatic rings. The molecule has 1 unspecified atom stereocenters. The molecule has 2 aliphatic heterocycles. The fourth-order valence-electron chi connectivity index (χ4n) is 4.94. The number of halogens is 2. The van der Waals surface area contributed by atoms with E-state index in [9.17, 15) is 14.7 Å². The van der Waals surface area contributed by atoms with E-state index < -0.39 is 17.2 Å². The van der Waals surface area contributed by atoms with Gasteiger partial charge in [0.05, 0.1) is 21.6 Å². The number of carboxylic acids is 1. The van der Waals surface area contributed by atoms with Crippen LogP contribution in [0.1, 0.15) is 35.7 Å². The van der Waals surface area contributed by atoms with Gasteiger partial charge in [0.1, 0.15) is 11.4 Å². The highest BCUT2D eigenvalue weighted by Gasteiger charge is 2.34. The van der Waals surface area contributed by atoms with Crippen LogP contribution >= 0.6 is 11.6 Å². The highest BCUT2D eigenvalue weighted by molar-refractivity contribution is 6.38. The molecule has 0 spiro atoms. The van der Waals surface area contributed by atoms with E-state index in [-0.39, 0.29) is 22.0 Å². The number of benzene rings is 1. The van der Waals surface area contributed by atoms with Crippen LogP contribution in [-0.2, 0) is 0 Å². The Hall–Kier alpha value is -2.16. The lowest BCUT2D eigenvalue weighted by Gasteiger charge is -2.36. The summed E-state index contributed by atoms with van der Waals surface area (Å²) in [6, 6.07) is 1.61. The summed E-state index contributed by atoms with van der Waals surface area (Å²) in [4.78, 5) is 31.1. The lowest BCUT2D eigenvalue weighted by atomic mass is 10.1. The molecule has 1 atom stereocenters. The monoisotopic (exact) mass is 448 g/mol. The highest BCUT2D eigenvalue weighted by atomic mass is 35.5. The first kappa shape index (κ1) is 20.7. The number of fused-ring (bicyclic) bond motifs is 1. The predicted octanol–water partition coefficient (Wildman–Crippen LogP) is 2.65. The lowest BCUT2D eigenvalue weighted by Crippen LogP contribution is -2.49. The van der Waals surface area contributed by atoms with Crippen LogP contribution in [0.25, 0.3) is 10.9 Å². The maximum Gasteiger partial charge on any atom is 0.341 e. The number of hydrogen-bond donors (Lipinski definition) is 1. The Labute approximate surface area is 184 Å². The van der Waals surface area contributed by atoms with E-state index in [2.05, 4.69) is 16.8 Å². The summed E-state index contributed by atoms with van der Waals surface area (Å²) < 4.78 is 17.0. The maximum absolute atomic E-state index is 15.3. The smallest absolute Gasteiger partial charge is 0.341 e. The molecule has 31 heavy (non-hydrogen) atoms. The molecule has 0 amide bonds. The van der Waals surface area contributed by atoms with Crippen LogP contribution in [-0.4, -0.2) is 77.8 Å². The zero-order valence-electron chi connectivity index (χ0n) is 17.5. The Balaban J connectivity index is 1.54. The van der Waals surface area contributed by atoms with Crippen molar-refractivity contribution in [3.63, 3.8) is 0 Å². The van der Waals surface area contributed by atoms with Gasteiger partial charge in [0, 0.05) is 57.5 Å². The first-order valence-electron chi connectivity index (χ1n) is 10.8. The lowest BCUT2D eigenvalue weighted by molar-refractivity contribution is 0.0695. The Kier molecular flexibility index (Phi) is 5.19. The van der Waals surface area contributed by atoms with E-state index in [1.54, 1.807) is 4.57 Å². The van der Waals surface area contributed by atoms with Crippen LogP contribution in [0.15, 0.2) is 17.1 Å². The molecule has 0 bridgehead atoms. The molecule has 1 aliphatic carbocycles. The molecule has 3 fully saturated rings. The number of pyridine rings is 1. The van der Waals surface area contributed by atoms with Crippen molar-refractivity contribution in [2.75, 3.05) is 51.2 Å². The van der Waals surface area contributed by atoms with E-state index in [1.807, 2.05) is 4.90 Å². The SMILES string of the molecule is CN1CCN(C2CCN(c3c(F)cc4c(=O)c(C(=O)O)cn(C5CC5)c4c3Cl)C2)CC1. The van der Waals surface area contributed by atoms with Crippen molar-refractivity contribution in [1.29, 1.82) is 0 Å². The maximum atomic E-state index is 15.3. The van der Waals surface area contributed by atoms with Gasteiger partial charge in [-0.25, -0.2) is 9.18 Å². The van der Waals surface area contributed by atoms with Crippen LogP contribution in [0, 0.1) is 5.82 Å². The molecule has 2 saturated heterocycles. The van der Waals surface area contributed by atoms with Gasteiger partial charge in [-0.05, 0) is 32.4 Å². The minimum absolute atomic E-state index is 0.0351. The molecule has 1 saturated carbocycles. The van der Waals surface area contributed by atoms with Gasteiger partial charge in [-0.15, -0.1) is 0 Å². The number of aromatic nitrogens is 1. The quantitative estimate of drug-likeness (QED) is 0.775. The van der Waals surface area contributed by atoms with Gasteiger partial charge in [0.2, 0.25) is 5.43 Å². The molecule has 1 N–H and O–H groups in total. The number of likely N-dealkylation sites (N-methyl/N-ethyl adjacent to an activating group) is 1. The van der Waals surface area contributed by atoms with Gasteiger partial charge in [-0.3, -0.25) is 9.69 Å². The largest absolute Gasteiger partial charge is 0.477 e. The molecular formula is C22H26ClFN4O3. The van der Waals surface area contributed by atoms with Crippen LogP contribution in [0.5, 0.6) is 0 Å². The zero-order chi connectivity index (χ0) is 21.9. The minimum atomic E-state index is -1.31. The van der Waals surface area contributed by atoms with Crippen molar-refractivity contribution < 1.29 is 14.3 Å². The van der Waals surface area contributed by atoms with Gasteiger partial charge < -0.3 is 19.5 Å². The van der Waals surface area contributed by atoms with E-state index in [4.69, 9.17) is 11.6 Å². The number of aromatic carboxylic acids is 1. The number of anilines is 1. The molecule has 5 rings (SSSR count). The standard InChI is InChI=1S/C22H26ClFN4O3/c1-25-6-8-26(9-7-25)14-4-5-27(11-14)20-17(24)10-15-19(18(20)23)28(13-2-3-13)12-16(21(15)29)22(30)31/h10,12-14H,2-9,11H2,1H3,(H,30,31). The van der Waals surface area contributed by atoms with E-state index in [0.717, 1.165) is 45.4 Å². The summed E-state index contributed by atoms with van der Waals surface area (Å²) in [6.45, 7) is 5.44. The molecule has 0 radical (unpaired) electrons. The predicted molar refractivity (Wildman–Crippen MR) is 118 cm³/mol. The van der Waals surface area contributed by atoms with E-state index in [0.29, 0.717) is 30.3 Å². The second-order valence-electron chi connectivity index (χ2n) is 8.96. The molecule has 1 aromatic carbocycles. The van der Waals surface area contributed by atoms with Crippen LogP contribution in [0.2, 0.25) is 5.02 Å². The summed E-state index contributed by atoms with van der Waals surface area (Å²) in [5.74, 6) is -1.88. The molecule has 9 heteroatoms. The third kappa shape index (κ3) is 3.60. The zero-order valence-corrected chi connectivity index (χ0v) is 18.2. The van der Waals surface area contributed by atoms with Crippen LogP contribution < -0.4 is 10.3 Å². The number of carbonyl (C=O) groups is 1. The Bertz CT molecular complexity index is 1110. The number of carboxylic acid groups (broad SMARTS) is 1. The summed E-state index contributed by atoms with van der Waals surface area (Å²) in [7, 11) is 2.12. The number of nitrogens with zero attached hydrogens (tertiary/aromatic N) is 4. The third-order valence-corrected chi connectivity index (χ3v) is 7.25. The van der Waals surface area contributed by atoms with E-state index >= 15 is 4.39 Å². The van der Waals surface area contributed by atoms with Gasteiger partial charge in [0.25, 0.3) is 0 Å². The van der Waals surface area contributed by atoms with Gasteiger partial charge in [-0.1, -0.05) is 11.6 Å². The van der Waals surface area contributed by atoms with Crippen molar-refractivity contribution in [1.82, 2.24) is 14.4 Å². The van der Waals surface area contributed by atoms with Crippen molar-refractivity contribution in [2.24, 2.45) is 0 Å². The van der Waals surface area contributed by atoms with Gasteiger partial charge in [-0.2, -0.15) is 0 Å². The van der Waals surface area contributed by atoms with Crippen molar-refractivity contribution in [3.8, 4) is 0 Å². The first-order valence-corrected chi connectivity index (χ1v) is 11.2. The summed E-state index contributed by atoms with van der Waals surface area (Å²) in [6.07, 6.45) is 4.07. The number of rotatable bonds is 4. The van der Waals surface area contributed by atoms with Gasteiger partial charge in [0.15, 0.2) is 0 Å². The summed E-state index contributed by atoms with van der Waals surface area (Å²) in [5, 5.41) is 9.67. The van der Waals surface area contributed by atoms with Crippen LogP contribution in [0.4, 0.5) is 10.1 Å². The fraction of sp³-hybridized carbons (Fsp3) is 0.545. The third-order valence-electron chi connectivity index (χ3n) is 6.89. The van der Waals surface area contributed by atoms with Crippen molar-refractivity contribution >= 4 is 34.2 Å². The Morgan fingerprint density at radius 2 is 1.84 bits per heavy atom. The van der Waals surface area contributed by atoms with Crippen LogP contribution in [0.3, 0.4) is 0 Å². The van der Waals surface area contributed by atoms with E-state index in [1.165, 1.54) is 12.3 Å². The molecular weight excluding hydrogens is 423 g/mol. The van der Waals surface area contributed by atoms with Crippen molar-refractivity contribution in [3.05, 3.63) is 38.9 Å². The number of piperazine rings is 1. The molecule has 166 valence electrons. The number of hydrogen-bond acceptors (Lipinski definition) is 5. The highest BCUT2D eigenvalue weighted by Crippen LogP contribution is 2.42. The Morgan fingerprint density at radius 1 is 1.13 bits per heavy atom. The minimum Gasteiger partial charge on any atom is -0.477 e. The average Bonchev–Trinajstić information content (AvgIpc) is 3.47. The fourth-order valence-corrected chi connectivity index (χ4v) is 5.35. The molecule has 2 aromatic rings. The normalized spacial score (nSPS) is 23.1. The average molecular weight is 449 g/mol. The van der Waals surface area contributed by atoms with Crippen molar-refractivity contribution in [2.45, 2.75) is 31.3 Å². The second kappa shape index (κ2) is 7.76. The second-order valence-corrected chi connectivity index (χ2v) is 9.34. The topological polar surface area (TPSA) is 69.0 Å². The molecule has 1 aromatic heterocycles. The van der Waals surface area contributed by atoms with Gasteiger partial charge >= 0.3 is 5.97 Å². The Morgan fingerprint density at radius 3 is 2.48 bits per heavy atom. The first-order chi connectivity index (χ1) is 14.8. The molecule has 3 heterocycles.